The molecule has 0 unspecified atom stereocenters. The number of furan rings is 1. The highest BCUT2D eigenvalue weighted by Crippen LogP contribution is 2.44. The molecule has 0 amide bonds. The van der Waals surface area contributed by atoms with E-state index in [2.05, 4.69) is 0 Å². The highest BCUT2D eigenvalue weighted by Gasteiger charge is 2.24. The fourth-order valence-corrected chi connectivity index (χ4v) is 2.13. The Morgan fingerprint density at radius 3 is 2.38 bits per heavy atom. The zero-order chi connectivity index (χ0) is 17.1. The van der Waals surface area contributed by atoms with Gasteiger partial charge in [0.25, 0.3) is 0 Å². The molecule has 0 radical (unpaired) electrons. The van der Waals surface area contributed by atoms with Crippen molar-refractivity contribution in [3.63, 3.8) is 0 Å². The fraction of sp³-hybridized carbons (Fsp3) is 0. The van der Waals surface area contributed by atoms with E-state index in [4.69, 9.17) is 31.2 Å². The molecule has 1 aromatic heterocycles. The molecule has 0 aliphatic heterocycles. The van der Waals surface area contributed by atoms with Gasteiger partial charge in [-0.3, -0.25) is 0 Å². The molecule has 0 atom stereocenters. The molecule has 6 nitrogen and oxygen atoms in total. The van der Waals surface area contributed by atoms with Gasteiger partial charge in [0.2, 0.25) is 17.4 Å². The summed E-state index contributed by atoms with van der Waals surface area (Å²) in [5, 5.41) is 10.7. The summed E-state index contributed by atoms with van der Waals surface area (Å²) >= 11 is 5.82. The van der Waals surface area contributed by atoms with Gasteiger partial charge in [-0.15, -0.1) is 0 Å². The van der Waals surface area contributed by atoms with Crippen molar-refractivity contribution in [1.29, 1.82) is 0 Å². The van der Waals surface area contributed by atoms with Crippen molar-refractivity contribution in [3.05, 3.63) is 59.6 Å². The van der Waals surface area contributed by atoms with E-state index in [0.29, 0.717) is 16.3 Å². The van der Waals surface area contributed by atoms with Crippen LogP contribution in [-0.2, 0) is 0 Å². The van der Waals surface area contributed by atoms with Crippen molar-refractivity contribution in [2.45, 2.75) is 0 Å². The van der Waals surface area contributed by atoms with Gasteiger partial charge in [-0.25, -0.2) is 4.79 Å². The summed E-state index contributed by atoms with van der Waals surface area (Å²) in [4.78, 5) is 11.8. The number of anilines is 1. The second-order valence-electron chi connectivity index (χ2n) is 4.75. The number of carbonyl (C=O) groups excluding carboxylic acids is 1. The summed E-state index contributed by atoms with van der Waals surface area (Å²) in [6, 6.07) is 14.8. The number of rotatable bonds is 3. The van der Waals surface area contributed by atoms with Crippen LogP contribution in [0.25, 0.3) is 11.3 Å². The Bertz CT molecular complexity index is 859. The van der Waals surface area contributed by atoms with E-state index >= 15 is 0 Å². The lowest BCUT2D eigenvalue weighted by Gasteiger charge is -2.04. The number of aromatic hydroxyl groups is 1. The lowest BCUT2D eigenvalue weighted by Crippen LogP contribution is -2.14. The van der Waals surface area contributed by atoms with Crippen LogP contribution in [0.4, 0.5) is 10.7 Å². The number of halogens is 1. The van der Waals surface area contributed by atoms with Gasteiger partial charge in [-0.05, 0) is 36.4 Å². The van der Waals surface area contributed by atoms with E-state index in [1.807, 2.05) is 0 Å². The minimum Gasteiger partial charge on any atom is -0.502 e. The molecule has 3 N–H and O–H groups in total. The number of ether oxygens (including phenoxy) is 2. The number of nitrogens with two attached hydrogens (primary N) is 1. The molecular weight excluding hydrogens is 334 g/mol. The summed E-state index contributed by atoms with van der Waals surface area (Å²) < 4.78 is 15.2. The molecule has 0 fully saturated rings. The second-order valence-corrected chi connectivity index (χ2v) is 5.18. The maximum absolute atomic E-state index is 11.8. The SMILES string of the molecule is Nc1oc(-c2ccc(Cl)cc2)c(O)c1OC(=O)Oc1ccccc1. The standard InChI is InChI=1S/C17H12ClNO5/c18-11-8-6-10(7-9-11)14-13(20)15(16(19)23-14)24-17(21)22-12-4-2-1-3-5-12/h1-9,20H,19H2. The van der Waals surface area contributed by atoms with E-state index in [1.165, 1.54) is 0 Å². The zero-order valence-electron chi connectivity index (χ0n) is 12.2. The Balaban J connectivity index is 1.81. The molecule has 0 spiro atoms. The average molecular weight is 346 g/mol. The molecule has 0 aliphatic rings. The maximum atomic E-state index is 11.8. The van der Waals surface area contributed by atoms with E-state index in [1.54, 1.807) is 54.6 Å². The topological polar surface area (TPSA) is 94.9 Å². The largest absolute Gasteiger partial charge is 0.519 e. The number of nitrogen functional groups attached to an aromatic ring is 1. The summed E-state index contributed by atoms with van der Waals surface area (Å²) in [5.74, 6) is -0.600. The molecule has 3 rings (SSSR count). The molecule has 0 aliphatic carbocycles. The van der Waals surface area contributed by atoms with Crippen molar-refractivity contribution in [1.82, 2.24) is 0 Å². The first-order valence-electron chi connectivity index (χ1n) is 6.86. The van der Waals surface area contributed by atoms with Crippen LogP contribution in [0.1, 0.15) is 0 Å². The molecule has 2 aromatic carbocycles. The first-order valence-corrected chi connectivity index (χ1v) is 7.24. The smallest absolute Gasteiger partial charge is 0.502 e. The summed E-state index contributed by atoms with van der Waals surface area (Å²) in [6.45, 7) is 0. The van der Waals surface area contributed by atoms with Crippen molar-refractivity contribution < 1.29 is 23.8 Å². The van der Waals surface area contributed by atoms with Gasteiger partial charge < -0.3 is 24.7 Å². The quantitative estimate of drug-likeness (QED) is 0.537. The highest BCUT2D eigenvalue weighted by molar-refractivity contribution is 6.30. The van der Waals surface area contributed by atoms with Crippen molar-refractivity contribution in [2.24, 2.45) is 0 Å². The molecule has 24 heavy (non-hydrogen) atoms. The lowest BCUT2D eigenvalue weighted by molar-refractivity contribution is 0.150. The van der Waals surface area contributed by atoms with Gasteiger partial charge >= 0.3 is 6.16 Å². The first kappa shape index (κ1) is 15.8. The third-order valence-corrected chi connectivity index (χ3v) is 3.35. The van der Waals surface area contributed by atoms with Crippen molar-refractivity contribution in [3.8, 4) is 28.6 Å². The number of benzene rings is 2. The van der Waals surface area contributed by atoms with Crippen LogP contribution in [0.5, 0.6) is 17.2 Å². The fourth-order valence-electron chi connectivity index (χ4n) is 2.01. The van der Waals surface area contributed by atoms with E-state index in [9.17, 15) is 9.90 Å². The third kappa shape index (κ3) is 3.28. The zero-order valence-corrected chi connectivity index (χ0v) is 13.0. The van der Waals surface area contributed by atoms with E-state index < -0.39 is 11.9 Å². The van der Waals surface area contributed by atoms with Crippen LogP contribution in [-0.4, -0.2) is 11.3 Å². The normalized spacial score (nSPS) is 10.4. The van der Waals surface area contributed by atoms with Gasteiger partial charge in [0.05, 0.1) is 0 Å². The Morgan fingerprint density at radius 1 is 1.04 bits per heavy atom. The molecule has 122 valence electrons. The highest BCUT2D eigenvalue weighted by atomic mass is 35.5. The molecule has 7 heteroatoms. The van der Waals surface area contributed by atoms with Crippen LogP contribution in [0.3, 0.4) is 0 Å². The number of hydrogen-bond acceptors (Lipinski definition) is 6. The Kier molecular flexibility index (Phi) is 4.31. The maximum Gasteiger partial charge on any atom is 0.519 e. The Labute approximate surface area is 142 Å². The van der Waals surface area contributed by atoms with Gasteiger partial charge in [0, 0.05) is 10.6 Å². The van der Waals surface area contributed by atoms with Gasteiger partial charge in [0.15, 0.2) is 5.76 Å². The summed E-state index contributed by atoms with van der Waals surface area (Å²) in [7, 11) is 0. The lowest BCUT2D eigenvalue weighted by atomic mass is 10.1. The number of para-hydroxylation sites is 1. The Hall–Kier alpha value is -3.12. The predicted molar refractivity (Wildman–Crippen MR) is 88.3 cm³/mol. The molecule has 1 heterocycles. The molecule has 0 bridgehead atoms. The van der Waals surface area contributed by atoms with Crippen LogP contribution >= 0.6 is 11.6 Å². The summed E-state index contributed by atoms with van der Waals surface area (Å²) in [6.07, 6.45) is -1.05. The molecule has 3 aromatic rings. The monoisotopic (exact) mass is 345 g/mol. The molecule has 0 saturated heterocycles. The van der Waals surface area contributed by atoms with Crippen LogP contribution < -0.4 is 15.2 Å². The Morgan fingerprint density at radius 2 is 1.71 bits per heavy atom. The molecular formula is C17H12ClNO5. The average Bonchev–Trinajstić information content (AvgIpc) is 2.85. The molecule has 0 saturated carbocycles. The third-order valence-electron chi connectivity index (χ3n) is 3.10. The number of hydrogen-bond donors (Lipinski definition) is 2. The van der Waals surface area contributed by atoms with Gasteiger partial charge in [-0.2, -0.15) is 0 Å². The van der Waals surface area contributed by atoms with Crippen molar-refractivity contribution >= 4 is 23.6 Å². The second kappa shape index (κ2) is 6.55. The summed E-state index contributed by atoms with van der Waals surface area (Å²) in [5.41, 5.74) is 6.19. The van der Waals surface area contributed by atoms with Gasteiger partial charge in [0.1, 0.15) is 5.75 Å². The first-order chi connectivity index (χ1) is 11.5. The van der Waals surface area contributed by atoms with Crippen molar-refractivity contribution in [2.75, 3.05) is 5.73 Å². The minimum absolute atomic E-state index is 0.0617. The van der Waals surface area contributed by atoms with Crippen LogP contribution in [0, 0.1) is 0 Å². The predicted octanol–water partition coefficient (Wildman–Crippen LogP) is 4.47. The van der Waals surface area contributed by atoms with E-state index in [-0.39, 0.29) is 17.4 Å². The van der Waals surface area contributed by atoms with Crippen LogP contribution in [0.15, 0.2) is 59.0 Å². The number of carbonyl (C=O) groups is 1. The minimum atomic E-state index is -1.05. The van der Waals surface area contributed by atoms with Crippen LogP contribution in [0.2, 0.25) is 5.02 Å². The van der Waals surface area contributed by atoms with Gasteiger partial charge in [-0.1, -0.05) is 29.8 Å². The van der Waals surface area contributed by atoms with E-state index in [0.717, 1.165) is 0 Å².